The average molecular weight is 360 g/mol. The molecule has 0 radical (unpaired) electrons. The van der Waals surface area contributed by atoms with E-state index in [0.29, 0.717) is 11.3 Å². The fraction of sp³-hybridized carbons (Fsp3) is 0.200. The highest BCUT2D eigenvalue weighted by Gasteiger charge is 2.21. The standard InChI is InChI=1S/C20H21NO3.ClH/c1-3-24-19(22)15-21(18-12-8-5-9-13-18)20(23)16(2)14-17-10-6-4-7-11-17;/h4-14H,3,15H2,1-2H3;1H. The van der Waals surface area contributed by atoms with E-state index in [0.717, 1.165) is 5.56 Å². The van der Waals surface area contributed by atoms with E-state index in [1.807, 2.05) is 54.6 Å². The van der Waals surface area contributed by atoms with E-state index in [2.05, 4.69) is 0 Å². The largest absolute Gasteiger partial charge is 0.465 e. The number of nitrogens with zero attached hydrogens (tertiary/aromatic N) is 1. The van der Waals surface area contributed by atoms with Crippen LogP contribution in [0.2, 0.25) is 0 Å². The first kappa shape index (κ1) is 20.5. The third kappa shape index (κ3) is 6.08. The van der Waals surface area contributed by atoms with Gasteiger partial charge in [-0.05, 0) is 37.6 Å². The van der Waals surface area contributed by atoms with Gasteiger partial charge in [-0.25, -0.2) is 0 Å². The molecule has 0 aliphatic rings. The SMILES string of the molecule is CCOC(=O)CN(C(=O)C(C)=Cc1ccccc1)c1ccccc1.Cl. The van der Waals surface area contributed by atoms with Gasteiger partial charge in [-0.15, -0.1) is 12.4 Å². The lowest BCUT2D eigenvalue weighted by molar-refractivity contribution is -0.142. The number of hydrogen-bond acceptors (Lipinski definition) is 3. The minimum Gasteiger partial charge on any atom is -0.465 e. The summed E-state index contributed by atoms with van der Waals surface area (Å²) >= 11 is 0. The highest BCUT2D eigenvalue weighted by atomic mass is 35.5. The van der Waals surface area contributed by atoms with Gasteiger partial charge in [0.2, 0.25) is 0 Å². The van der Waals surface area contributed by atoms with E-state index in [1.165, 1.54) is 4.90 Å². The summed E-state index contributed by atoms with van der Waals surface area (Å²) in [7, 11) is 0. The van der Waals surface area contributed by atoms with Crippen molar-refractivity contribution in [2.24, 2.45) is 0 Å². The number of amides is 1. The number of carbonyl (C=O) groups is 2. The van der Waals surface area contributed by atoms with E-state index in [-0.39, 0.29) is 31.5 Å². The van der Waals surface area contributed by atoms with Crippen molar-refractivity contribution in [3.8, 4) is 0 Å². The van der Waals surface area contributed by atoms with E-state index in [4.69, 9.17) is 4.74 Å². The van der Waals surface area contributed by atoms with E-state index in [1.54, 1.807) is 26.0 Å². The summed E-state index contributed by atoms with van der Waals surface area (Å²) in [5.41, 5.74) is 2.15. The average Bonchev–Trinajstić information content (AvgIpc) is 2.61. The smallest absolute Gasteiger partial charge is 0.326 e. The molecular formula is C20H22ClNO3. The monoisotopic (exact) mass is 359 g/mol. The molecule has 1 amide bonds. The Morgan fingerprint density at radius 3 is 2.12 bits per heavy atom. The van der Waals surface area contributed by atoms with Crippen molar-refractivity contribution >= 4 is 36.0 Å². The van der Waals surface area contributed by atoms with Crippen LogP contribution in [0.25, 0.3) is 6.08 Å². The predicted molar refractivity (Wildman–Crippen MR) is 103 cm³/mol. The molecule has 0 fully saturated rings. The van der Waals surface area contributed by atoms with E-state index >= 15 is 0 Å². The van der Waals surface area contributed by atoms with Crippen LogP contribution in [0.15, 0.2) is 66.2 Å². The molecule has 0 atom stereocenters. The molecule has 25 heavy (non-hydrogen) atoms. The maximum absolute atomic E-state index is 12.8. The molecule has 2 aromatic carbocycles. The van der Waals surface area contributed by atoms with Gasteiger partial charge in [0, 0.05) is 11.3 Å². The second-order valence-corrected chi connectivity index (χ2v) is 5.27. The van der Waals surface area contributed by atoms with E-state index < -0.39 is 5.97 Å². The van der Waals surface area contributed by atoms with Crippen LogP contribution < -0.4 is 4.90 Å². The molecule has 132 valence electrons. The Hall–Kier alpha value is -2.59. The molecule has 0 spiro atoms. The summed E-state index contributed by atoms with van der Waals surface area (Å²) in [5, 5.41) is 0. The number of para-hydroxylation sites is 1. The van der Waals surface area contributed by atoms with Crippen LogP contribution in [0, 0.1) is 0 Å². The zero-order chi connectivity index (χ0) is 17.4. The van der Waals surface area contributed by atoms with Crippen molar-refractivity contribution in [2.45, 2.75) is 13.8 Å². The summed E-state index contributed by atoms with van der Waals surface area (Å²) in [6, 6.07) is 18.7. The van der Waals surface area contributed by atoms with Crippen molar-refractivity contribution in [3.05, 3.63) is 71.8 Å². The van der Waals surface area contributed by atoms with Crippen LogP contribution in [-0.2, 0) is 14.3 Å². The number of anilines is 1. The summed E-state index contributed by atoms with van der Waals surface area (Å²) in [6.45, 7) is 3.66. The Balaban J connectivity index is 0.00000312. The maximum Gasteiger partial charge on any atom is 0.326 e. The highest BCUT2D eigenvalue weighted by Crippen LogP contribution is 2.17. The molecule has 4 nitrogen and oxygen atoms in total. The van der Waals surface area contributed by atoms with Crippen molar-refractivity contribution in [2.75, 3.05) is 18.1 Å². The van der Waals surface area contributed by atoms with Crippen molar-refractivity contribution < 1.29 is 14.3 Å². The molecule has 0 aliphatic heterocycles. The van der Waals surface area contributed by atoms with Crippen molar-refractivity contribution in [1.82, 2.24) is 0 Å². The number of rotatable bonds is 6. The van der Waals surface area contributed by atoms with Crippen LogP contribution in [0.5, 0.6) is 0 Å². The molecule has 0 saturated heterocycles. The molecule has 0 heterocycles. The lowest BCUT2D eigenvalue weighted by Gasteiger charge is -2.22. The molecule has 0 aliphatic carbocycles. The summed E-state index contributed by atoms with van der Waals surface area (Å²) < 4.78 is 4.99. The first-order chi connectivity index (χ1) is 11.6. The van der Waals surface area contributed by atoms with Gasteiger partial charge in [0.05, 0.1) is 6.61 Å². The summed E-state index contributed by atoms with van der Waals surface area (Å²) in [5.74, 6) is -0.652. The lowest BCUT2D eigenvalue weighted by atomic mass is 10.1. The molecular weight excluding hydrogens is 338 g/mol. The van der Waals surface area contributed by atoms with Gasteiger partial charge in [-0.2, -0.15) is 0 Å². The van der Waals surface area contributed by atoms with Crippen LogP contribution >= 0.6 is 12.4 Å². The zero-order valence-electron chi connectivity index (χ0n) is 14.3. The lowest BCUT2D eigenvalue weighted by Crippen LogP contribution is -2.37. The Morgan fingerprint density at radius 1 is 1.00 bits per heavy atom. The molecule has 0 unspecified atom stereocenters. The fourth-order valence-electron chi connectivity index (χ4n) is 2.30. The van der Waals surface area contributed by atoms with Gasteiger partial charge in [0.1, 0.15) is 6.54 Å². The second kappa shape index (κ2) is 10.3. The molecule has 0 aromatic heterocycles. The minimum absolute atomic E-state index is 0. The molecule has 0 bridgehead atoms. The minimum atomic E-state index is -0.429. The Morgan fingerprint density at radius 2 is 1.56 bits per heavy atom. The zero-order valence-corrected chi connectivity index (χ0v) is 15.2. The molecule has 2 aromatic rings. The van der Waals surface area contributed by atoms with Crippen LogP contribution in [0.1, 0.15) is 19.4 Å². The van der Waals surface area contributed by atoms with Gasteiger partial charge in [-0.1, -0.05) is 48.5 Å². The normalized spacial score (nSPS) is 10.6. The van der Waals surface area contributed by atoms with Gasteiger partial charge in [0.15, 0.2) is 0 Å². The van der Waals surface area contributed by atoms with Crippen LogP contribution in [0.4, 0.5) is 5.69 Å². The highest BCUT2D eigenvalue weighted by molar-refractivity contribution is 6.09. The number of hydrogen-bond donors (Lipinski definition) is 0. The third-order valence-corrected chi connectivity index (χ3v) is 3.43. The Kier molecular flexibility index (Phi) is 8.44. The van der Waals surface area contributed by atoms with Crippen molar-refractivity contribution in [1.29, 1.82) is 0 Å². The number of benzene rings is 2. The van der Waals surface area contributed by atoms with Crippen LogP contribution in [-0.4, -0.2) is 25.0 Å². The molecule has 2 rings (SSSR count). The quantitative estimate of drug-likeness (QED) is 0.576. The van der Waals surface area contributed by atoms with Crippen LogP contribution in [0.3, 0.4) is 0 Å². The predicted octanol–water partition coefficient (Wildman–Crippen LogP) is 4.11. The first-order valence-electron chi connectivity index (χ1n) is 7.87. The number of carbonyl (C=O) groups excluding carboxylic acids is 2. The van der Waals surface area contributed by atoms with Gasteiger partial charge in [0.25, 0.3) is 5.91 Å². The summed E-state index contributed by atoms with van der Waals surface area (Å²) in [4.78, 5) is 26.2. The first-order valence-corrected chi connectivity index (χ1v) is 7.87. The van der Waals surface area contributed by atoms with Crippen molar-refractivity contribution in [3.63, 3.8) is 0 Å². The van der Waals surface area contributed by atoms with Gasteiger partial charge < -0.3 is 4.74 Å². The number of esters is 1. The summed E-state index contributed by atoms with van der Waals surface area (Å²) in [6.07, 6.45) is 1.81. The number of halogens is 1. The fourth-order valence-corrected chi connectivity index (χ4v) is 2.30. The Labute approximate surface area is 154 Å². The molecule has 5 heteroatoms. The van der Waals surface area contributed by atoms with Gasteiger partial charge >= 0.3 is 5.97 Å². The third-order valence-electron chi connectivity index (χ3n) is 3.43. The Bertz CT molecular complexity index is 714. The van der Waals surface area contributed by atoms with Gasteiger partial charge in [-0.3, -0.25) is 14.5 Å². The second-order valence-electron chi connectivity index (χ2n) is 5.27. The maximum atomic E-state index is 12.8. The topological polar surface area (TPSA) is 46.6 Å². The number of ether oxygens (including phenoxy) is 1. The molecule has 0 N–H and O–H groups in total. The van der Waals surface area contributed by atoms with E-state index in [9.17, 15) is 9.59 Å². The molecule has 0 saturated carbocycles.